The van der Waals surface area contributed by atoms with Gasteiger partial charge in [-0.05, 0) is 17.7 Å². The molecule has 0 bridgehead atoms. The lowest BCUT2D eigenvalue weighted by atomic mass is 10.1. The third kappa shape index (κ3) is 2.21. The van der Waals surface area contributed by atoms with Crippen molar-refractivity contribution in [2.45, 2.75) is 32.4 Å². The molecule has 0 spiro atoms. The Balaban J connectivity index is 1.79. The van der Waals surface area contributed by atoms with E-state index in [0.717, 1.165) is 11.4 Å². The van der Waals surface area contributed by atoms with Gasteiger partial charge in [0.25, 0.3) is 5.56 Å². The minimum absolute atomic E-state index is 0.00929. The van der Waals surface area contributed by atoms with Gasteiger partial charge in [0, 0.05) is 10.9 Å². The first-order valence-corrected chi connectivity index (χ1v) is 7.93. The summed E-state index contributed by atoms with van der Waals surface area (Å²) in [4.78, 5) is 17.0. The molecule has 1 N–H and O–H groups in total. The molecule has 23 heavy (non-hydrogen) atoms. The fourth-order valence-corrected chi connectivity index (χ4v) is 3.06. The zero-order chi connectivity index (χ0) is 16.1. The van der Waals surface area contributed by atoms with Crippen LogP contribution in [0.15, 0.2) is 35.3 Å². The standard InChI is InChI=1S/C16H16ClN5O/c1-9(2)14-18-7-13-15(23)21-8-12(19-16(21)20-22(13)14)10-3-5-11(17)6-4-10/h3-7,9,12H,8H2,1-2H3,(H,19,20)/t12-/m0/s1. The lowest BCUT2D eigenvalue weighted by Crippen LogP contribution is -2.22. The van der Waals surface area contributed by atoms with Crippen molar-refractivity contribution in [3.63, 3.8) is 0 Å². The fourth-order valence-electron chi connectivity index (χ4n) is 2.93. The van der Waals surface area contributed by atoms with Crippen LogP contribution < -0.4 is 10.9 Å². The SMILES string of the molecule is CC(C)c1ncc2c(=O)n3c(nn12)N[C@H](c1ccc(Cl)cc1)C3. The van der Waals surface area contributed by atoms with Crippen LogP contribution in [0.4, 0.5) is 5.95 Å². The number of hydrogen-bond acceptors (Lipinski definition) is 4. The van der Waals surface area contributed by atoms with E-state index in [-0.39, 0.29) is 17.5 Å². The number of benzene rings is 1. The Morgan fingerprint density at radius 1 is 1.30 bits per heavy atom. The second-order valence-corrected chi connectivity index (χ2v) is 6.49. The predicted molar refractivity (Wildman–Crippen MR) is 89.2 cm³/mol. The van der Waals surface area contributed by atoms with Gasteiger partial charge in [0.15, 0.2) is 5.52 Å². The summed E-state index contributed by atoms with van der Waals surface area (Å²) in [6, 6.07) is 7.64. The zero-order valence-corrected chi connectivity index (χ0v) is 13.6. The average molecular weight is 330 g/mol. The van der Waals surface area contributed by atoms with E-state index in [1.165, 1.54) is 0 Å². The van der Waals surface area contributed by atoms with Gasteiger partial charge in [0.1, 0.15) is 5.82 Å². The smallest absolute Gasteiger partial charge is 0.281 e. The molecule has 1 aliphatic heterocycles. The highest BCUT2D eigenvalue weighted by Gasteiger charge is 2.26. The molecule has 0 fully saturated rings. The number of hydrogen-bond donors (Lipinski definition) is 1. The van der Waals surface area contributed by atoms with E-state index in [1.807, 2.05) is 38.1 Å². The number of anilines is 1. The second-order valence-electron chi connectivity index (χ2n) is 6.06. The fraction of sp³-hybridized carbons (Fsp3) is 0.312. The first-order chi connectivity index (χ1) is 11.0. The number of aromatic nitrogens is 4. The average Bonchev–Trinajstić information content (AvgIpc) is 3.12. The van der Waals surface area contributed by atoms with Crippen LogP contribution in [0.5, 0.6) is 0 Å². The Bertz CT molecular complexity index is 941. The summed E-state index contributed by atoms with van der Waals surface area (Å²) in [6.45, 7) is 4.61. The van der Waals surface area contributed by atoms with Gasteiger partial charge in [-0.1, -0.05) is 37.6 Å². The molecule has 0 unspecified atom stereocenters. The third-order valence-corrected chi connectivity index (χ3v) is 4.39. The van der Waals surface area contributed by atoms with Crippen molar-refractivity contribution in [3.05, 3.63) is 57.2 Å². The molecule has 2 aromatic heterocycles. The van der Waals surface area contributed by atoms with Crippen molar-refractivity contribution in [2.24, 2.45) is 0 Å². The molecule has 3 heterocycles. The Labute approximate surface area is 137 Å². The maximum atomic E-state index is 12.7. The molecule has 1 aromatic carbocycles. The summed E-state index contributed by atoms with van der Waals surface area (Å²) in [5.41, 5.74) is 1.51. The van der Waals surface area contributed by atoms with Crippen molar-refractivity contribution >= 4 is 23.1 Å². The summed E-state index contributed by atoms with van der Waals surface area (Å²) in [5.74, 6) is 1.56. The highest BCUT2D eigenvalue weighted by atomic mass is 35.5. The highest BCUT2D eigenvalue weighted by Crippen LogP contribution is 2.27. The number of imidazole rings is 1. The van der Waals surface area contributed by atoms with Crippen LogP contribution in [0.3, 0.4) is 0 Å². The molecule has 0 saturated heterocycles. The van der Waals surface area contributed by atoms with Crippen molar-refractivity contribution in [1.82, 2.24) is 19.2 Å². The second kappa shape index (κ2) is 5.09. The molecule has 0 radical (unpaired) electrons. The maximum absolute atomic E-state index is 12.7. The molecule has 0 saturated carbocycles. The summed E-state index contributed by atoms with van der Waals surface area (Å²) < 4.78 is 3.32. The number of halogens is 1. The van der Waals surface area contributed by atoms with Gasteiger partial charge < -0.3 is 5.32 Å². The van der Waals surface area contributed by atoms with Gasteiger partial charge in [-0.2, -0.15) is 0 Å². The van der Waals surface area contributed by atoms with Crippen LogP contribution >= 0.6 is 11.6 Å². The molecule has 1 atom stereocenters. The van der Waals surface area contributed by atoms with E-state index in [0.29, 0.717) is 23.0 Å². The van der Waals surface area contributed by atoms with E-state index in [9.17, 15) is 4.79 Å². The maximum Gasteiger partial charge on any atom is 0.281 e. The molecule has 0 amide bonds. The summed E-state index contributed by atoms with van der Waals surface area (Å²) in [5, 5.41) is 8.59. The summed E-state index contributed by atoms with van der Waals surface area (Å²) in [6.07, 6.45) is 1.60. The highest BCUT2D eigenvalue weighted by molar-refractivity contribution is 6.30. The minimum Gasteiger partial charge on any atom is -0.346 e. The lowest BCUT2D eigenvalue weighted by molar-refractivity contribution is 0.651. The van der Waals surface area contributed by atoms with Gasteiger partial charge in [-0.3, -0.25) is 9.36 Å². The Morgan fingerprint density at radius 2 is 2.04 bits per heavy atom. The molecular formula is C16H16ClN5O. The van der Waals surface area contributed by atoms with Crippen LogP contribution in [-0.2, 0) is 6.54 Å². The van der Waals surface area contributed by atoms with E-state index >= 15 is 0 Å². The molecule has 1 aliphatic rings. The first-order valence-electron chi connectivity index (χ1n) is 7.55. The Morgan fingerprint density at radius 3 is 2.74 bits per heavy atom. The molecular weight excluding hydrogens is 314 g/mol. The lowest BCUT2D eigenvalue weighted by Gasteiger charge is -2.09. The van der Waals surface area contributed by atoms with Crippen molar-refractivity contribution < 1.29 is 0 Å². The van der Waals surface area contributed by atoms with Gasteiger partial charge in [0.2, 0.25) is 5.95 Å². The van der Waals surface area contributed by atoms with Gasteiger partial charge in [-0.15, -0.1) is 5.10 Å². The van der Waals surface area contributed by atoms with Crippen LogP contribution in [0.1, 0.15) is 37.2 Å². The number of fused-ring (bicyclic) bond motifs is 2. The van der Waals surface area contributed by atoms with Crippen LogP contribution in [-0.4, -0.2) is 19.2 Å². The van der Waals surface area contributed by atoms with Crippen LogP contribution in [0, 0.1) is 0 Å². The van der Waals surface area contributed by atoms with Gasteiger partial charge in [0.05, 0.1) is 18.8 Å². The molecule has 0 aliphatic carbocycles. The molecule has 118 valence electrons. The topological polar surface area (TPSA) is 64.2 Å². The first kappa shape index (κ1) is 14.3. The van der Waals surface area contributed by atoms with Gasteiger partial charge >= 0.3 is 0 Å². The van der Waals surface area contributed by atoms with E-state index in [4.69, 9.17) is 11.6 Å². The van der Waals surface area contributed by atoms with E-state index in [1.54, 1.807) is 15.3 Å². The van der Waals surface area contributed by atoms with E-state index in [2.05, 4.69) is 15.4 Å². The van der Waals surface area contributed by atoms with Crippen molar-refractivity contribution in [1.29, 1.82) is 0 Å². The number of nitrogens with one attached hydrogen (secondary N) is 1. The van der Waals surface area contributed by atoms with E-state index < -0.39 is 0 Å². The predicted octanol–water partition coefficient (Wildman–Crippen LogP) is 2.83. The summed E-state index contributed by atoms with van der Waals surface area (Å²) >= 11 is 5.94. The van der Waals surface area contributed by atoms with Gasteiger partial charge in [-0.25, -0.2) is 9.50 Å². The number of nitrogens with zero attached hydrogens (tertiary/aromatic N) is 4. The largest absolute Gasteiger partial charge is 0.346 e. The number of rotatable bonds is 2. The monoisotopic (exact) mass is 329 g/mol. The molecule has 4 rings (SSSR count). The normalized spacial score (nSPS) is 16.8. The van der Waals surface area contributed by atoms with Crippen LogP contribution in [0.25, 0.3) is 5.52 Å². The van der Waals surface area contributed by atoms with Crippen LogP contribution in [0.2, 0.25) is 5.02 Å². The molecule has 3 aromatic rings. The van der Waals surface area contributed by atoms with Crippen molar-refractivity contribution in [3.8, 4) is 0 Å². The molecule has 7 heteroatoms. The summed E-state index contributed by atoms with van der Waals surface area (Å²) in [7, 11) is 0. The Kier molecular flexibility index (Phi) is 3.16. The third-order valence-electron chi connectivity index (χ3n) is 4.14. The Hall–Kier alpha value is -2.34. The quantitative estimate of drug-likeness (QED) is 0.785. The van der Waals surface area contributed by atoms with Crippen molar-refractivity contribution in [2.75, 3.05) is 5.32 Å². The zero-order valence-electron chi connectivity index (χ0n) is 12.8. The minimum atomic E-state index is -0.0710. The molecule has 6 nitrogen and oxygen atoms in total.